The van der Waals surface area contributed by atoms with Crippen LogP contribution in [0.3, 0.4) is 0 Å². The summed E-state index contributed by atoms with van der Waals surface area (Å²) in [6, 6.07) is 0. The normalized spacial score (nSPS) is 11.9. The Bertz CT molecular complexity index is 887. The van der Waals surface area contributed by atoms with Crippen molar-refractivity contribution in [1.82, 2.24) is 0 Å². The molecule has 0 aromatic heterocycles. The number of ether oxygens (including phenoxy) is 3. The summed E-state index contributed by atoms with van der Waals surface area (Å²) in [6.45, 7) is 9.02. The second-order valence-electron chi connectivity index (χ2n) is 18.6. The molecule has 0 N–H and O–H groups in total. The van der Waals surface area contributed by atoms with Crippen LogP contribution in [0.2, 0.25) is 0 Å². The Morgan fingerprint density at radius 3 is 0.831 bits per heavy atom. The molecule has 0 bridgehead atoms. The Hall–Kier alpha value is -1.59. The van der Waals surface area contributed by atoms with Gasteiger partial charge in [-0.1, -0.05) is 259 Å². The van der Waals surface area contributed by atoms with Gasteiger partial charge in [-0.15, -0.1) is 0 Å². The van der Waals surface area contributed by atoms with E-state index in [2.05, 4.69) is 27.7 Å². The van der Waals surface area contributed by atoms with Crippen LogP contribution in [0.1, 0.15) is 297 Å². The van der Waals surface area contributed by atoms with Gasteiger partial charge in [-0.25, -0.2) is 0 Å². The summed E-state index contributed by atoms with van der Waals surface area (Å²) < 4.78 is 16.8. The molecule has 0 aromatic rings. The molecule has 0 radical (unpaired) electrons. The van der Waals surface area contributed by atoms with Crippen molar-refractivity contribution in [2.45, 2.75) is 303 Å². The molecule has 0 aromatic carbocycles. The monoisotopic (exact) mass is 835 g/mol. The van der Waals surface area contributed by atoms with Gasteiger partial charge < -0.3 is 14.2 Å². The van der Waals surface area contributed by atoms with Crippen molar-refractivity contribution in [3.05, 3.63) is 0 Å². The summed E-state index contributed by atoms with van der Waals surface area (Å²) in [4.78, 5) is 37.9. The Balaban J connectivity index is 4.29. The van der Waals surface area contributed by atoms with Crippen molar-refractivity contribution in [2.75, 3.05) is 13.2 Å². The molecule has 0 saturated carbocycles. The van der Waals surface area contributed by atoms with Crippen molar-refractivity contribution in [1.29, 1.82) is 0 Å². The molecule has 6 heteroatoms. The summed E-state index contributed by atoms with van der Waals surface area (Å²) in [5.74, 6) is -0.0272. The van der Waals surface area contributed by atoms with Crippen LogP contribution in [-0.4, -0.2) is 37.2 Å². The lowest BCUT2D eigenvalue weighted by Gasteiger charge is -2.18. The Morgan fingerprint density at radius 2 is 0.559 bits per heavy atom. The van der Waals surface area contributed by atoms with E-state index in [1.807, 2.05) is 0 Å². The van der Waals surface area contributed by atoms with Crippen LogP contribution in [0.15, 0.2) is 0 Å². The largest absolute Gasteiger partial charge is 0.462 e. The fraction of sp³-hybridized carbons (Fsp3) is 0.943. The molecule has 0 heterocycles. The van der Waals surface area contributed by atoms with Gasteiger partial charge in [0.15, 0.2) is 6.10 Å². The molecule has 0 fully saturated rings. The first-order valence-corrected chi connectivity index (χ1v) is 26.4. The molecule has 0 amide bonds. The molecule has 6 nitrogen and oxygen atoms in total. The van der Waals surface area contributed by atoms with Crippen molar-refractivity contribution in [2.24, 2.45) is 5.92 Å². The Morgan fingerprint density at radius 1 is 0.322 bits per heavy atom. The highest BCUT2D eigenvalue weighted by atomic mass is 16.6. The summed E-state index contributed by atoms with van der Waals surface area (Å²) in [7, 11) is 0. The molecule has 0 aliphatic carbocycles. The van der Waals surface area contributed by atoms with E-state index >= 15 is 0 Å². The van der Waals surface area contributed by atoms with Crippen molar-refractivity contribution in [3.63, 3.8) is 0 Å². The first kappa shape index (κ1) is 57.4. The summed E-state index contributed by atoms with van der Waals surface area (Å²) >= 11 is 0. The fourth-order valence-corrected chi connectivity index (χ4v) is 8.04. The van der Waals surface area contributed by atoms with E-state index in [-0.39, 0.29) is 31.1 Å². The zero-order valence-electron chi connectivity index (χ0n) is 40.2. The molecule has 0 rings (SSSR count). The number of carbonyl (C=O) groups excluding carboxylic acids is 3. The van der Waals surface area contributed by atoms with Crippen LogP contribution >= 0.6 is 0 Å². The van der Waals surface area contributed by atoms with Gasteiger partial charge in [-0.2, -0.15) is 0 Å². The summed E-state index contributed by atoms with van der Waals surface area (Å²) in [6.07, 6.45) is 49.4. The molecule has 0 aliphatic heterocycles. The highest BCUT2D eigenvalue weighted by Crippen LogP contribution is 2.17. The average Bonchev–Trinajstić information content (AvgIpc) is 3.22. The smallest absolute Gasteiger partial charge is 0.306 e. The van der Waals surface area contributed by atoms with Gasteiger partial charge >= 0.3 is 17.9 Å². The lowest BCUT2D eigenvalue weighted by molar-refractivity contribution is -0.167. The van der Waals surface area contributed by atoms with E-state index in [0.717, 1.165) is 63.7 Å². The van der Waals surface area contributed by atoms with Gasteiger partial charge in [-0.3, -0.25) is 14.4 Å². The lowest BCUT2D eigenvalue weighted by Crippen LogP contribution is -2.30. The maximum atomic E-state index is 12.8. The lowest BCUT2D eigenvalue weighted by atomic mass is 10.0. The van der Waals surface area contributed by atoms with Gasteiger partial charge in [-0.05, 0) is 25.2 Å². The quantitative estimate of drug-likeness (QED) is 0.0345. The minimum absolute atomic E-state index is 0.0627. The minimum atomic E-state index is -0.760. The van der Waals surface area contributed by atoms with Crippen LogP contribution in [0, 0.1) is 5.92 Å². The van der Waals surface area contributed by atoms with E-state index in [0.29, 0.717) is 19.3 Å². The van der Waals surface area contributed by atoms with Gasteiger partial charge in [0.05, 0.1) is 0 Å². The van der Waals surface area contributed by atoms with Crippen LogP contribution in [0.25, 0.3) is 0 Å². The molecule has 0 spiro atoms. The maximum absolute atomic E-state index is 12.8. The van der Waals surface area contributed by atoms with Crippen LogP contribution in [-0.2, 0) is 28.6 Å². The minimum Gasteiger partial charge on any atom is -0.462 e. The van der Waals surface area contributed by atoms with E-state index in [9.17, 15) is 14.4 Å². The summed E-state index contributed by atoms with van der Waals surface area (Å²) in [5, 5.41) is 0. The molecule has 350 valence electrons. The van der Waals surface area contributed by atoms with Gasteiger partial charge in [0.25, 0.3) is 0 Å². The molecule has 0 aliphatic rings. The van der Waals surface area contributed by atoms with E-state index in [1.54, 1.807) is 0 Å². The van der Waals surface area contributed by atoms with E-state index in [4.69, 9.17) is 14.2 Å². The zero-order valence-corrected chi connectivity index (χ0v) is 40.2. The third kappa shape index (κ3) is 47.3. The Kier molecular flexibility index (Phi) is 46.2. The number of rotatable bonds is 48. The second-order valence-corrected chi connectivity index (χ2v) is 18.6. The highest BCUT2D eigenvalue weighted by molar-refractivity contribution is 5.71. The number of carbonyl (C=O) groups is 3. The predicted molar refractivity (Wildman–Crippen MR) is 252 cm³/mol. The summed E-state index contributed by atoms with van der Waals surface area (Å²) in [5.41, 5.74) is 0. The molecule has 0 saturated heterocycles. The average molecular weight is 835 g/mol. The van der Waals surface area contributed by atoms with Crippen LogP contribution in [0.4, 0.5) is 0 Å². The first-order chi connectivity index (χ1) is 28.9. The van der Waals surface area contributed by atoms with Crippen LogP contribution in [0.5, 0.6) is 0 Å². The van der Waals surface area contributed by atoms with Gasteiger partial charge in [0.2, 0.25) is 0 Å². The number of hydrogen-bond acceptors (Lipinski definition) is 6. The van der Waals surface area contributed by atoms with Crippen molar-refractivity contribution in [3.8, 4) is 0 Å². The third-order valence-electron chi connectivity index (χ3n) is 12.0. The third-order valence-corrected chi connectivity index (χ3v) is 12.0. The SMILES string of the molecule is CCCCCCCCCCCCCCCCCCC(=O)OC[C@@H](COC(=O)CCCCCCCCCCCCCC)OC(=O)CCCCCCCCCCCCC(C)C. The predicted octanol–water partition coefficient (Wildman–Crippen LogP) is 17.1. The number of esters is 3. The molecule has 59 heavy (non-hydrogen) atoms. The molecular weight excluding hydrogens is 733 g/mol. The molecular formula is C53H102O6. The van der Waals surface area contributed by atoms with E-state index in [1.165, 1.54) is 193 Å². The molecule has 0 unspecified atom stereocenters. The molecule has 1 atom stereocenters. The van der Waals surface area contributed by atoms with Gasteiger partial charge in [0.1, 0.15) is 13.2 Å². The maximum Gasteiger partial charge on any atom is 0.306 e. The van der Waals surface area contributed by atoms with Gasteiger partial charge in [0, 0.05) is 19.3 Å². The topological polar surface area (TPSA) is 78.9 Å². The fourth-order valence-electron chi connectivity index (χ4n) is 8.04. The van der Waals surface area contributed by atoms with E-state index < -0.39 is 6.10 Å². The van der Waals surface area contributed by atoms with Crippen LogP contribution < -0.4 is 0 Å². The van der Waals surface area contributed by atoms with Crippen molar-refractivity contribution >= 4 is 17.9 Å². The Labute approximate surface area is 368 Å². The number of hydrogen-bond donors (Lipinski definition) is 0. The zero-order chi connectivity index (χ0) is 43.1. The number of unbranched alkanes of at least 4 members (excludes halogenated alkanes) is 35. The standard InChI is InChI=1S/C53H102O6/c1-5-7-9-11-13-15-17-19-20-21-22-24-29-33-37-41-45-52(55)58-48-50(47-57-51(54)44-40-36-32-28-23-18-16-14-12-10-8-6-2)59-53(56)46-42-38-34-30-26-25-27-31-35-39-43-49(3)4/h49-50H,5-48H2,1-4H3/t50-/m1/s1. The van der Waals surface area contributed by atoms with Crippen molar-refractivity contribution < 1.29 is 28.6 Å². The first-order valence-electron chi connectivity index (χ1n) is 26.4. The second kappa shape index (κ2) is 47.5. The highest BCUT2D eigenvalue weighted by Gasteiger charge is 2.19.